The number of para-hydroxylation sites is 1. The van der Waals surface area contributed by atoms with Crippen LogP contribution in [0.2, 0.25) is 0 Å². The van der Waals surface area contributed by atoms with Crippen molar-refractivity contribution in [3.63, 3.8) is 0 Å². The standard InChI is InChI=1S/C26H32N6O/c33-25(32-17-15-31(16-18-32)24-8-1-2-11-28-24)10-9-21-5-4-14-30(19-21)20-22-6-3-7-23-26(22)29-13-12-27-23/h1-3,6-8,11-13,21H,4-5,9-10,14-20H2/t21-/m0/s1. The molecule has 2 fully saturated rings. The summed E-state index contributed by atoms with van der Waals surface area (Å²) in [7, 11) is 0. The zero-order valence-electron chi connectivity index (χ0n) is 19.1. The first-order valence-corrected chi connectivity index (χ1v) is 12.1. The van der Waals surface area contributed by atoms with Crippen molar-refractivity contribution < 1.29 is 4.79 Å². The highest BCUT2D eigenvalue weighted by atomic mass is 16.2. The first-order chi connectivity index (χ1) is 16.3. The number of nitrogens with zero attached hydrogens (tertiary/aromatic N) is 6. The van der Waals surface area contributed by atoms with Crippen LogP contribution in [-0.2, 0) is 11.3 Å². The van der Waals surface area contributed by atoms with Crippen LogP contribution in [0.5, 0.6) is 0 Å². The molecule has 5 rings (SSSR count). The number of anilines is 1. The van der Waals surface area contributed by atoms with E-state index in [-0.39, 0.29) is 0 Å². The maximum absolute atomic E-state index is 12.9. The quantitative estimate of drug-likeness (QED) is 0.581. The minimum atomic E-state index is 0.303. The Morgan fingerprint density at radius 3 is 2.64 bits per heavy atom. The molecule has 2 saturated heterocycles. The fraction of sp³-hybridized carbons (Fsp3) is 0.462. The summed E-state index contributed by atoms with van der Waals surface area (Å²) < 4.78 is 0. The van der Waals surface area contributed by atoms with Gasteiger partial charge >= 0.3 is 0 Å². The Hall–Kier alpha value is -3.06. The van der Waals surface area contributed by atoms with Crippen LogP contribution in [-0.4, -0.2) is 69.9 Å². The second-order valence-electron chi connectivity index (χ2n) is 9.18. The van der Waals surface area contributed by atoms with Crippen molar-refractivity contribution in [2.24, 2.45) is 5.92 Å². The number of fused-ring (bicyclic) bond motifs is 1. The topological polar surface area (TPSA) is 65.5 Å². The monoisotopic (exact) mass is 444 g/mol. The van der Waals surface area contributed by atoms with E-state index in [1.54, 1.807) is 12.4 Å². The van der Waals surface area contributed by atoms with Crippen LogP contribution >= 0.6 is 0 Å². The highest BCUT2D eigenvalue weighted by Gasteiger charge is 2.25. The van der Waals surface area contributed by atoms with Gasteiger partial charge in [0.15, 0.2) is 0 Å². The lowest BCUT2D eigenvalue weighted by Gasteiger charge is -2.36. The van der Waals surface area contributed by atoms with E-state index in [4.69, 9.17) is 0 Å². The molecule has 2 aromatic heterocycles. The van der Waals surface area contributed by atoms with Crippen molar-refractivity contribution in [3.8, 4) is 0 Å². The molecule has 2 aliphatic heterocycles. The molecule has 33 heavy (non-hydrogen) atoms. The molecule has 7 nitrogen and oxygen atoms in total. The summed E-state index contributed by atoms with van der Waals surface area (Å²) in [6.45, 7) is 6.34. The van der Waals surface area contributed by atoms with E-state index in [0.717, 1.165) is 69.1 Å². The van der Waals surface area contributed by atoms with Gasteiger partial charge in [0.25, 0.3) is 0 Å². The first kappa shape index (κ1) is 21.8. The van der Waals surface area contributed by atoms with Crippen LogP contribution in [0.15, 0.2) is 55.0 Å². The van der Waals surface area contributed by atoms with E-state index < -0.39 is 0 Å². The number of benzene rings is 1. The molecule has 0 spiro atoms. The lowest BCUT2D eigenvalue weighted by molar-refractivity contribution is -0.131. The van der Waals surface area contributed by atoms with Gasteiger partial charge in [-0.1, -0.05) is 18.2 Å². The number of hydrogen-bond acceptors (Lipinski definition) is 6. The fourth-order valence-electron chi connectivity index (χ4n) is 5.16. The second-order valence-corrected chi connectivity index (χ2v) is 9.18. The number of piperazine rings is 1. The predicted molar refractivity (Wildman–Crippen MR) is 130 cm³/mol. The third kappa shape index (κ3) is 5.30. The smallest absolute Gasteiger partial charge is 0.222 e. The maximum atomic E-state index is 12.9. The van der Waals surface area contributed by atoms with E-state index in [2.05, 4.69) is 36.9 Å². The molecular formula is C26H32N6O. The average molecular weight is 445 g/mol. The molecule has 2 aliphatic rings. The van der Waals surface area contributed by atoms with Crippen molar-refractivity contribution in [2.45, 2.75) is 32.2 Å². The normalized spacial score (nSPS) is 19.7. The molecular weight excluding hydrogens is 412 g/mol. The SMILES string of the molecule is O=C(CC[C@@H]1CCCN(Cc2cccc3nccnc23)C1)N1CCN(c2ccccn2)CC1. The van der Waals surface area contributed by atoms with Gasteiger partial charge in [0.1, 0.15) is 5.82 Å². The number of hydrogen-bond donors (Lipinski definition) is 0. The third-order valence-electron chi connectivity index (χ3n) is 6.95. The summed E-state index contributed by atoms with van der Waals surface area (Å²) in [6.07, 6.45) is 9.39. The van der Waals surface area contributed by atoms with E-state index in [0.29, 0.717) is 18.2 Å². The Balaban J connectivity index is 1.10. The summed E-state index contributed by atoms with van der Waals surface area (Å²) in [6, 6.07) is 12.2. The molecule has 1 amide bonds. The van der Waals surface area contributed by atoms with Gasteiger partial charge in [-0.05, 0) is 55.5 Å². The number of aromatic nitrogens is 3. The fourth-order valence-corrected chi connectivity index (χ4v) is 5.16. The number of piperidine rings is 1. The zero-order chi connectivity index (χ0) is 22.5. The van der Waals surface area contributed by atoms with E-state index in [9.17, 15) is 4.79 Å². The largest absolute Gasteiger partial charge is 0.353 e. The van der Waals surface area contributed by atoms with Gasteiger partial charge in [-0.2, -0.15) is 0 Å². The van der Waals surface area contributed by atoms with Crippen molar-refractivity contribution in [1.29, 1.82) is 0 Å². The summed E-state index contributed by atoms with van der Waals surface area (Å²) in [4.78, 5) is 33.1. The number of rotatable bonds is 6. The third-order valence-corrected chi connectivity index (χ3v) is 6.95. The molecule has 7 heteroatoms. The predicted octanol–water partition coefficient (Wildman–Crippen LogP) is 3.37. The number of amides is 1. The van der Waals surface area contributed by atoms with Gasteiger partial charge in [-0.25, -0.2) is 4.98 Å². The molecule has 4 heterocycles. The van der Waals surface area contributed by atoms with E-state index in [1.165, 1.54) is 18.4 Å². The molecule has 0 bridgehead atoms. The van der Waals surface area contributed by atoms with Crippen LogP contribution in [0, 0.1) is 5.92 Å². The molecule has 0 unspecified atom stereocenters. The number of pyridine rings is 1. The summed E-state index contributed by atoms with van der Waals surface area (Å²) in [5.74, 6) is 1.89. The van der Waals surface area contributed by atoms with Crippen molar-refractivity contribution >= 4 is 22.8 Å². The van der Waals surface area contributed by atoms with Crippen LogP contribution in [0.1, 0.15) is 31.2 Å². The first-order valence-electron chi connectivity index (χ1n) is 12.1. The summed E-state index contributed by atoms with van der Waals surface area (Å²) >= 11 is 0. The van der Waals surface area contributed by atoms with Crippen LogP contribution in [0.3, 0.4) is 0 Å². The van der Waals surface area contributed by atoms with E-state index in [1.807, 2.05) is 35.4 Å². The van der Waals surface area contributed by atoms with E-state index >= 15 is 0 Å². The highest BCUT2D eigenvalue weighted by Crippen LogP contribution is 2.25. The molecule has 172 valence electrons. The molecule has 1 atom stereocenters. The van der Waals surface area contributed by atoms with Gasteiger partial charge in [-0.3, -0.25) is 19.7 Å². The Labute approximate surface area is 195 Å². The average Bonchev–Trinajstić information content (AvgIpc) is 2.88. The summed E-state index contributed by atoms with van der Waals surface area (Å²) in [5.41, 5.74) is 3.20. The maximum Gasteiger partial charge on any atom is 0.222 e. The Morgan fingerprint density at radius 1 is 0.909 bits per heavy atom. The number of likely N-dealkylation sites (tertiary alicyclic amines) is 1. The summed E-state index contributed by atoms with van der Waals surface area (Å²) in [5, 5.41) is 0. The Morgan fingerprint density at radius 2 is 1.79 bits per heavy atom. The molecule has 0 saturated carbocycles. The minimum absolute atomic E-state index is 0.303. The van der Waals surface area contributed by atoms with Crippen molar-refractivity contribution in [2.75, 3.05) is 44.2 Å². The van der Waals surface area contributed by atoms with Crippen LogP contribution in [0.25, 0.3) is 11.0 Å². The van der Waals surface area contributed by atoms with Crippen molar-refractivity contribution in [3.05, 3.63) is 60.6 Å². The van der Waals surface area contributed by atoms with Crippen molar-refractivity contribution in [1.82, 2.24) is 24.8 Å². The minimum Gasteiger partial charge on any atom is -0.353 e. The van der Waals surface area contributed by atoms with Gasteiger partial charge in [0.2, 0.25) is 5.91 Å². The molecule has 0 radical (unpaired) electrons. The van der Waals surface area contributed by atoms with Gasteiger partial charge in [0.05, 0.1) is 11.0 Å². The van der Waals surface area contributed by atoms with Crippen LogP contribution < -0.4 is 4.90 Å². The van der Waals surface area contributed by atoms with Gasteiger partial charge < -0.3 is 9.80 Å². The zero-order valence-corrected chi connectivity index (χ0v) is 19.1. The lowest BCUT2D eigenvalue weighted by atomic mass is 9.92. The lowest BCUT2D eigenvalue weighted by Crippen LogP contribution is -2.49. The number of carbonyl (C=O) groups excluding carboxylic acids is 1. The molecule has 0 aliphatic carbocycles. The Kier molecular flexibility index (Phi) is 6.76. The number of carbonyl (C=O) groups is 1. The Bertz CT molecular complexity index is 1060. The van der Waals surface area contributed by atoms with Crippen LogP contribution in [0.4, 0.5) is 5.82 Å². The molecule has 1 aromatic carbocycles. The molecule has 0 N–H and O–H groups in total. The molecule has 3 aromatic rings. The second kappa shape index (κ2) is 10.3. The van der Waals surface area contributed by atoms with Gasteiger partial charge in [0, 0.05) is 64.3 Å². The highest BCUT2D eigenvalue weighted by molar-refractivity contribution is 5.77. The van der Waals surface area contributed by atoms with Gasteiger partial charge in [-0.15, -0.1) is 0 Å².